The lowest BCUT2D eigenvalue weighted by molar-refractivity contribution is 1.06. The number of amidine groups is 1. The van der Waals surface area contributed by atoms with Gasteiger partial charge in [0, 0.05) is 38.7 Å². The van der Waals surface area contributed by atoms with Gasteiger partial charge in [0.2, 0.25) is 5.96 Å². The molecule has 0 saturated carbocycles. The van der Waals surface area contributed by atoms with E-state index in [1.54, 1.807) is 0 Å². The molecule has 0 amide bonds. The number of aliphatic imine (C=N–C) groups is 2. The van der Waals surface area contributed by atoms with Crippen LogP contribution in [0.1, 0.15) is 23.6 Å². The van der Waals surface area contributed by atoms with Crippen LogP contribution in [-0.2, 0) is 6.54 Å². The largest absolute Gasteiger partial charge is 0.383 e. The number of anilines is 1. The van der Waals surface area contributed by atoms with Gasteiger partial charge < -0.3 is 15.6 Å². The van der Waals surface area contributed by atoms with Gasteiger partial charge in [-0.1, -0.05) is 189 Å². The predicted molar refractivity (Wildman–Crippen MR) is 266 cm³/mol. The first-order valence-corrected chi connectivity index (χ1v) is 21.1. The minimum Gasteiger partial charge on any atom is -0.383 e. The van der Waals surface area contributed by atoms with E-state index in [0.29, 0.717) is 18.3 Å². The van der Waals surface area contributed by atoms with E-state index in [2.05, 4.69) is 144 Å². The average molecular weight is 815 g/mol. The average Bonchev–Trinajstić information content (AvgIpc) is 3.68. The molecular weight excluding hydrogens is 769 g/mol. The van der Waals surface area contributed by atoms with E-state index in [9.17, 15) is 0 Å². The van der Waals surface area contributed by atoms with Crippen LogP contribution < -0.4 is 11.1 Å². The van der Waals surface area contributed by atoms with Crippen LogP contribution in [0.3, 0.4) is 0 Å². The standard InChI is InChI=1S/C57H46N6/c1-3-4-8-20-40(2)54-50(61-57(59-39-41-21-9-5-10-22-41)62-56(58)45-35-33-43(34-36-45)42-23-11-6-12-24-42)37-38-53-55(54)47-28-16-18-32-52(47)63(53)51-31-17-15-27-46(51)49-30-19-29-48(60-49)44-25-13-7-14-26-44/h3-38H,2,39H2,1H3,(H3,58,59,61,62)/b4-3-,20-8-. The van der Waals surface area contributed by atoms with Crippen LogP contribution in [0.5, 0.6) is 0 Å². The Morgan fingerprint density at radius 3 is 2.05 bits per heavy atom. The van der Waals surface area contributed by atoms with E-state index in [0.717, 1.165) is 89.1 Å². The van der Waals surface area contributed by atoms with E-state index in [1.165, 1.54) is 0 Å². The van der Waals surface area contributed by atoms with Gasteiger partial charge in [0.25, 0.3) is 0 Å². The summed E-state index contributed by atoms with van der Waals surface area (Å²) in [6.45, 7) is 7.07. The maximum Gasteiger partial charge on any atom is 0.224 e. The summed E-state index contributed by atoms with van der Waals surface area (Å²) in [7, 11) is 0. The molecule has 304 valence electrons. The number of nitrogens with zero attached hydrogens (tertiary/aromatic N) is 4. The zero-order valence-corrected chi connectivity index (χ0v) is 35.1. The van der Waals surface area contributed by atoms with Crippen LogP contribution in [0.2, 0.25) is 0 Å². The van der Waals surface area contributed by atoms with Crippen molar-refractivity contribution in [3.8, 4) is 39.3 Å². The smallest absolute Gasteiger partial charge is 0.224 e. The fourth-order valence-corrected chi connectivity index (χ4v) is 7.98. The lowest BCUT2D eigenvalue weighted by Gasteiger charge is -2.17. The minimum atomic E-state index is 0.349. The van der Waals surface area contributed by atoms with Crippen LogP contribution in [0.25, 0.3) is 66.7 Å². The number of nitrogens with one attached hydrogen (secondary N) is 1. The topological polar surface area (TPSA) is 80.6 Å². The summed E-state index contributed by atoms with van der Waals surface area (Å²) in [5.41, 5.74) is 20.4. The molecule has 2 aromatic heterocycles. The van der Waals surface area contributed by atoms with E-state index in [1.807, 2.05) is 98.0 Å². The number of hydrogen-bond acceptors (Lipinski definition) is 2. The van der Waals surface area contributed by atoms with Gasteiger partial charge in [-0.3, -0.25) is 0 Å². The Labute approximate surface area is 368 Å². The Balaban J connectivity index is 1.19. The summed E-state index contributed by atoms with van der Waals surface area (Å²) < 4.78 is 2.34. The normalized spacial score (nSPS) is 12.1. The molecule has 0 bridgehead atoms. The van der Waals surface area contributed by atoms with Crippen molar-refractivity contribution >= 4 is 44.9 Å². The van der Waals surface area contributed by atoms with Crippen molar-refractivity contribution in [2.75, 3.05) is 5.32 Å². The molecule has 0 spiro atoms. The molecule has 7 aromatic carbocycles. The Kier molecular flexibility index (Phi) is 11.8. The van der Waals surface area contributed by atoms with Gasteiger partial charge in [0.1, 0.15) is 5.84 Å². The second-order valence-corrected chi connectivity index (χ2v) is 15.1. The fraction of sp³-hybridized carbons (Fsp3) is 0.0351. The first kappa shape index (κ1) is 40.1. The van der Waals surface area contributed by atoms with Gasteiger partial charge in [0.05, 0.1) is 34.7 Å². The summed E-state index contributed by atoms with van der Waals surface area (Å²) in [5.74, 6) is 0.731. The number of allylic oxidation sites excluding steroid dienone is 5. The van der Waals surface area contributed by atoms with Gasteiger partial charge in [-0.2, -0.15) is 4.99 Å². The zero-order chi connectivity index (χ0) is 43.0. The van der Waals surface area contributed by atoms with Crippen LogP contribution in [0.15, 0.2) is 235 Å². The summed E-state index contributed by atoms with van der Waals surface area (Å²) in [5, 5.41) is 5.77. The molecule has 3 N–H and O–H groups in total. The number of pyridine rings is 1. The van der Waals surface area contributed by atoms with Crippen molar-refractivity contribution in [3.63, 3.8) is 0 Å². The summed E-state index contributed by atoms with van der Waals surface area (Å²) in [6.07, 6.45) is 8.08. The molecule has 0 unspecified atom stereocenters. The number of fused-ring (bicyclic) bond motifs is 3. The molecule has 6 heteroatoms. The van der Waals surface area contributed by atoms with Crippen molar-refractivity contribution in [2.45, 2.75) is 13.5 Å². The van der Waals surface area contributed by atoms with E-state index < -0.39 is 0 Å². The molecule has 0 aliphatic carbocycles. The third-order valence-electron chi connectivity index (χ3n) is 11.0. The Hall–Kier alpha value is -8.35. The molecular formula is C57H46N6. The van der Waals surface area contributed by atoms with Crippen molar-refractivity contribution in [3.05, 3.63) is 242 Å². The second-order valence-electron chi connectivity index (χ2n) is 15.1. The maximum atomic E-state index is 6.81. The highest BCUT2D eigenvalue weighted by atomic mass is 15.1. The third kappa shape index (κ3) is 8.65. The van der Waals surface area contributed by atoms with Crippen molar-refractivity contribution in [1.29, 1.82) is 0 Å². The van der Waals surface area contributed by atoms with Crippen LogP contribution >= 0.6 is 0 Å². The SMILES string of the molecule is C=C(/C=C\C=C/C)c1c(NC(=N/Cc2ccccc2)/N=C(\N)c2ccc(-c3ccccc3)cc2)ccc2c1c1ccccc1n2-c1ccccc1-c1cccc(-c2ccccc2)n1. The highest BCUT2D eigenvalue weighted by Crippen LogP contribution is 2.42. The van der Waals surface area contributed by atoms with Crippen LogP contribution in [-0.4, -0.2) is 21.3 Å². The Bertz CT molecular complexity index is 3180. The number of hydrogen-bond donors (Lipinski definition) is 2. The highest BCUT2D eigenvalue weighted by Gasteiger charge is 2.22. The van der Waals surface area contributed by atoms with Crippen molar-refractivity contribution < 1.29 is 0 Å². The fourth-order valence-electron chi connectivity index (χ4n) is 7.98. The van der Waals surface area contributed by atoms with E-state index >= 15 is 0 Å². The molecule has 63 heavy (non-hydrogen) atoms. The molecule has 0 atom stereocenters. The number of aromatic nitrogens is 2. The first-order valence-electron chi connectivity index (χ1n) is 21.1. The van der Waals surface area contributed by atoms with Gasteiger partial charge in [-0.15, -0.1) is 0 Å². The van der Waals surface area contributed by atoms with E-state index in [4.69, 9.17) is 20.7 Å². The number of para-hydroxylation sites is 2. The predicted octanol–water partition coefficient (Wildman–Crippen LogP) is 13.7. The monoisotopic (exact) mass is 814 g/mol. The van der Waals surface area contributed by atoms with Crippen LogP contribution in [0, 0.1) is 0 Å². The highest BCUT2D eigenvalue weighted by molar-refractivity contribution is 6.18. The number of guanidine groups is 1. The van der Waals surface area contributed by atoms with Crippen molar-refractivity contribution in [2.24, 2.45) is 15.7 Å². The summed E-state index contributed by atoms with van der Waals surface area (Å²) in [4.78, 5) is 15.2. The molecule has 0 fully saturated rings. The zero-order valence-electron chi connectivity index (χ0n) is 35.1. The first-order chi connectivity index (χ1) is 31.1. The van der Waals surface area contributed by atoms with Crippen molar-refractivity contribution in [1.82, 2.24) is 9.55 Å². The molecule has 0 aliphatic heterocycles. The van der Waals surface area contributed by atoms with Gasteiger partial charge in [-0.25, -0.2) is 9.98 Å². The quantitative estimate of drug-likeness (QED) is 0.0775. The lowest BCUT2D eigenvalue weighted by Crippen LogP contribution is -2.20. The summed E-state index contributed by atoms with van der Waals surface area (Å²) in [6, 6.07) is 66.4. The number of rotatable bonds is 11. The van der Waals surface area contributed by atoms with E-state index in [-0.39, 0.29) is 0 Å². The second kappa shape index (κ2) is 18.5. The minimum absolute atomic E-state index is 0.349. The van der Waals surface area contributed by atoms with Gasteiger partial charge in [-0.05, 0) is 65.6 Å². The molecule has 0 radical (unpaired) electrons. The maximum absolute atomic E-state index is 6.81. The lowest BCUT2D eigenvalue weighted by atomic mass is 9.97. The molecule has 2 heterocycles. The Morgan fingerprint density at radius 2 is 1.29 bits per heavy atom. The third-order valence-corrected chi connectivity index (χ3v) is 11.0. The molecule has 0 saturated heterocycles. The van der Waals surface area contributed by atoms with Crippen LogP contribution in [0.4, 0.5) is 5.69 Å². The number of benzene rings is 7. The summed E-state index contributed by atoms with van der Waals surface area (Å²) >= 11 is 0. The van der Waals surface area contributed by atoms with Gasteiger partial charge >= 0.3 is 0 Å². The van der Waals surface area contributed by atoms with Gasteiger partial charge in [0.15, 0.2) is 0 Å². The molecule has 9 rings (SSSR count). The number of nitrogens with two attached hydrogens (primary N) is 1. The Morgan fingerprint density at radius 1 is 0.635 bits per heavy atom. The molecule has 0 aliphatic rings. The molecule has 9 aromatic rings. The molecule has 6 nitrogen and oxygen atoms in total.